The molecule has 0 fully saturated rings. The zero-order chi connectivity index (χ0) is 20.2. The Labute approximate surface area is 169 Å². The minimum Gasteiger partial charge on any atom is -0.467 e. The fourth-order valence-electron chi connectivity index (χ4n) is 4.17. The number of pyridine rings is 2. The maximum Gasteiger partial charge on any atom is 0.270 e. The molecule has 4 aromatic heterocycles. The fraction of sp³-hybridized carbons (Fsp3) is 0.0417. The van der Waals surface area contributed by atoms with Crippen molar-refractivity contribution >= 4 is 44.0 Å². The van der Waals surface area contributed by atoms with E-state index < -0.39 is 0 Å². The SMILES string of the molecule is O=C(NCc1ccco1)c1cc2c3ccccc3n3c(=O)c4ccccc4c(n1)c23. The molecule has 0 unspecified atom stereocenters. The van der Waals surface area contributed by atoms with Crippen molar-refractivity contribution in [3.8, 4) is 0 Å². The van der Waals surface area contributed by atoms with Gasteiger partial charge in [0.25, 0.3) is 11.5 Å². The van der Waals surface area contributed by atoms with Gasteiger partial charge in [-0.1, -0.05) is 36.4 Å². The van der Waals surface area contributed by atoms with E-state index in [1.807, 2.05) is 42.5 Å². The van der Waals surface area contributed by atoms with Crippen LogP contribution in [0.25, 0.3) is 38.1 Å². The third-order valence-corrected chi connectivity index (χ3v) is 5.50. The minimum absolute atomic E-state index is 0.0823. The van der Waals surface area contributed by atoms with Crippen molar-refractivity contribution in [2.75, 3.05) is 0 Å². The minimum atomic E-state index is -0.296. The number of rotatable bonds is 3. The van der Waals surface area contributed by atoms with Crippen LogP contribution in [0.1, 0.15) is 16.2 Å². The molecular formula is C24H15N3O3. The van der Waals surface area contributed by atoms with Gasteiger partial charge in [-0.15, -0.1) is 0 Å². The molecule has 0 aliphatic rings. The van der Waals surface area contributed by atoms with E-state index in [2.05, 4.69) is 10.3 Å². The molecule has 144 valence electrons. The van der Waals surface area contributed by atoms with Gasteiger partial charge in [0.15, 0.2) is 0 Å². The van der Waals surface area contributed by atoms with Crippen molar-refractivity contribution in [2.45, 2.75) is 6.54 Å². The Morgan fingerprint density at radius 2 is 1.70 bits per heavy atom. The molecule has 6 aromatic rings. The largest absolute Gasteiger partial charge is 0.467 e. The third-order valence-electron chi connectivity index (χ3n) is 5.50. The van der Waals surface area contributed by atoms with Crippen LogP contribution in [0.4, 0.5) is 0 Å². The van der Waals surface area contributed by atoms with Gasteiger partial charge in [0.2, 0.25) is 0 Å². The summed E-state index contributed by atoms with van der Waals surface area (Å²) in [5, 5.41) is 5.92. The zero-order valence-corrected chi connectivity index (χ0v) is 15.8. The van der Waals surface area contributed by atoms with Crippen LogP contribution in [0, 0.1) is 0 Å². The molecule has 0 spiro atoms. The second kappa shape index (κ2) is 6.15. The molecule has 0 bridgehead atoms. The highest BCUT2D eigenvalue weighted by atomic mass is 16.3. The summed E-state index contributed by atoms with van der Waals surface area (Å²) in [4.78, 5) is 30.9. The van der Waals surface area contributed by atoms with Gasteiger partial charge in [0.1, 0.15) is 11.5 Å². The Hall–Kier alpha value is -4.19. The van der Waals surface area contributed by atoms with Gasteiger partial charge in [0.05, 0.1) is 29.4 Å². The maximum atomic E-state index is 13.3. The lowest BCUT2D eigenvalue weighted by Crippen LogP contribution is -2.24. The first kappa shape index (κ1) is 16.7. The van der Waals surface area contributed by atoms with Crippen molar-refractivity contribution in [3.63, 3.8) is 0 Å². The highest BCUT2D eigenvalue weighted by Gasteiger charge is 2.20. The molecule has 30 heavy (non-hydrogen) atoms. The van der Waals surface area contributed by atoms with Gasteiger partial charge >= 0.3 is 0 Å². The normalized spacial score (nSPS) is 11.7. The summed E-state index contributed by atoms with van der Waals surface area (Å²) in [6.45, 7) is 0.276. The van der Waals surface area contributed by atoms with Crippen LogP contribution in [-0.4, -0.2) is 15.3 Å². The first-order valence-electron chi connectivity index (χ1n) is 9.61. The van der Waals surface area contributed by atoms with Gasteiger partial charge in [-0.2, -0.15) is 0 Å². The lowest BCUT2D eigenvalue weighted by molar-refractivity contribution is 0.0943. The van der Waals surface area contributed by atoms with Crippen LogP contribution in [0.2, 0.25) is 0 Å². The lowest BCUT2D eigenvalue weighted by Gasteiger charge is -2.08. The summed E-state index contributed by atoms with van der Waals surface area (Å²) in [6.07, 6.45) is 1.57. The molecule has 0 aliphatic carbocycles. The van der Waals surface area contributed by atoms with Gasteiger partial charge in [0, 0.05) is 21.5 Å². The van der Waals surface area contributed by atoms with E-state index in [9.17, 15) is 9.59 Å². The molecule has 6 rings (SSSR count). The van der Waals surface area contributed by atoms with Gasteiger partial charge in [-0.25, -0.2) is 4.98 Å². The molecule has 1 N–H and O–H groups in total. The van der Waals surface area contributed by atoms with Crippen molar-refractivity contribution < 1.29 is 9.21 Å². The molecule has 0 saturated heterocycles. The van der Waals surface area contributed by atoms with Crippen molar-refractivity contribution in [3.05, 3.63) is 94.8 Å². The van der Waals surface area contributed by atoms with Crippen LogP contribution in [0.5, 0.6) is 0 Å². The predicted octanol–water partition coefficient (Wildman–Crippen LogP) is 4.11. The molecule has 0 radical (unpaired) electrons. The fourth-order valence-corrected chi connectivity index (χ4v) is 4.17. The van der Waals surface area contributed by atoms with E-state index in [-0.39, 0.29) is 18.0 Å². The van der Waals surface area contributed by atoms with Crippen LogP contribution in [-0.2, 0) is 6.54 Å². The van der Waals surface area contributed by atoms with E-state index >= 15 is 0 Å². The first-order chi connectivity index (χ1) is 14.7. The number of nitrogens with zero attached hydrogens (tertiary/aromatic N) is 2. The molecule has 0 aliphatic heterocycles. The Kier molecular flexibility index (Phi) is 3.43. The Morgan fingerprint density at radius 3 is 2.50 bits per heavy atom. The summed E-state index contributed by atoms with van der Waals surface area (Å²) in [6, 6.07) is 20.4. The summed E-state index contributed by atoms with van der Waals surface area (Å²) in [5.41, 5.74) is 2.41. The highest BCUT2D eigenvalue weighted by molar-refractivity contribution is 6.20. The number of amides is 1. The van der Waals surface area contributed by atoms with Crippen molar-refractivity contribution in [2.24, 2.45) is 0 Å². The first-order valence-corrected chi connectivity index (χ1v) is 9.61. The van der Waals surface area contributed by atoms with Crippen LogP contribution < -0.4 is 10.9 Å². The van der Waals surface area contributed by atoms with E-state index in [0.717, 1.165) is 27.2 Å². The van der Waals surface area contributed by atoms with E-state index in [1.165, 1.54) is 0 Å². The quantitative estimate of drug-likeness (QED) is 0.459. The number of para-hydroxylation sites is 1. The smallest absolute Gasteiger partial charge is 0.270 e. The molecule has 4 heterocycles. The average Bonchev–Trinajstić information content (AvgIpc) is 3.42. The number of furan rings is 1. The maximum absolute atomic E-state index is 13.3. The average molecular weight is 393 g/mol. The summed E-state index contributed by atoms with van der Waals surface area (Å²) < 4.78 is 7.00. The van der Waals surface area contributed by atoms with Crippen LogP contribution in [0.3, 0.4) is 0 Å². The Balaban J connectivity index is 1.67. The number of fused-ring (bicyclic) bond motifs is 5. The molecular weight excluding hydrogens is 378 g/mol. The van der Waals surface area contributed by atoms with Crippen LogP contribution >= 0.6 is 0 Å². The number of nitrogens with one attached hydrogen (secondary N) is 1. The summed E-state index contributed by atoms with van der Waals surface area (Å²) in [5.74, 6) is 0.370. The Morgan fingerprint density at radius 1 is 0.933 bits per heavy atom. The third kappa shape index (κ3) is 2.27. The van der Waals surface area contributed by atoms with Crippen molar-refractivity contribution in [1.29, 1.82) is 0 Å². The number of hydrogen-bond acceptors (Lipinski definition) is 4. The summed E-state index contributed by atoms with van der Waals surface area (Å²) in [7, 11) is 0. The molecule has 0 saturated carbocycles. The number of aromatic nitrogens is 2. The number of benzene rings is 2. The number of carbonyl (C=O) groups is 1. The second-order valence-corrected chi connectivity index (χ2v) is 7.22. The van der Waals surface area contributed by atoms with Gasteiger partial charge in [-0.3, -0.25) is 14.0 Å². The molecule has 2 aromatic carbocycles. The Bertz CT molecular complexity index is 1630. The van der Waals surface area contributed by atoms with E-state index in [1.54, 1.807) is 34.9 Å². The second-order valence-electron chi connectivity index (χ2n) is 7.22. The topological polar surface area (TPSA) is 76.6 Å². The zero-order valence-electron chi connectivity index (χ0n) is 15.8. The summed E-state index contributed by atoms with van der Waals surface area (Å²) >= 11 is 0. The monoisotopic (exact) mass is 393 g/mol. The standard InChI is InChI=1S/C24H15N3O3/c28-23(25-13-14-6-5-11-30-14)19-12-18-15-7-3-4-10-20(15)27-22(18)21(26-19)16-8-1-2-9-17(16)24(27)29/h1-12H,13H2,(H,25,28). The number of hydrogen-bond donors (Lipinski definition) is 1. The molecule has 6 nitrogen and oxygen atoms in total. The van der Waals surface area contributed by atoms with Crippen LogP contribution in [0.15, 0.2) is 82.2 Å². The number of carbonyl (C=O) groups excluding carboxylic acids is 1. The predicted molar refractivity (Wildman–Crippen MR) is 115 cm³/mol. The van der Waals surface area contributed by atoms with Gasteiger partial charge < -0.3 is 9.73 Å². The molecule has 6 heteroatoms. The molecule has 0 atom stereocenters. The highest BCUT2D eigenvalue weighted by Crippen LogP contribution is 2.33. The van der Waals surface area contributed by atoms with E-state index in [4.69, 9.17) is 4.42 Å². The van der Waals surface area contributed by atoms with E-state index in [0.29, 0.717) is 22.4 Å². The van der Waals surface area contributed by atoms with Gasteiger partial charge in [-0.05, 0) is 30.3 Å². The van der Waals surface area contributed by atoms with Crippen molar-refractivity contribution in [1.82, 2.24) is 14.7 Å². The lowest BCUT2D eigenvalue weighted by atomic mass is 10.1. The molecule has 1 amide bonds.